The summed E-state index contributed by atoms with van der Waals surface area (Å²) in [6.07, 6.45) is 0. The zero-order chi connectivity index (χ0) is 15.2. The second-order valence-electron chi connectivity index (χ2n) is 5.20. The molecule has 6 heteroatoms. The van der Waals surface area contributed by atoms with Crippen LogP contribution in [0.25, 0.3) is 0 Å². The summed E-state index contributed by atoms with van der Waals surface area (Å²) in [5.74, 6) is 0.0167. The topological polar surface area (TPSA) is 61.6 Å². The number of thiocarbonyl (C=S) groups is 1. The van der Waals surface area contributed by atoms with Gasteiger partial charge >= 0.3 is 0 Å². The van der Waals surface area contributed by atoms with Gasteiger partial charge in [-0.1, -0.05) is 19.1 Å². The fourth-order valence-electron chi connectivity index (χ4n) is 2.39. The van der Waals surface area contributed by atoms with E-state index in [1.165, 1.54) is 0 Å². The molecule has 1 amide bonds. The van der Waals surface area contributed by atoms with Crippen LogP contribution in [0.3, 0.4) is 0 Å². The Labute approximate surface area is 131 Å². The van der Waals surface area contributed by atoms with Crippen LogP contribution < -0.4 is 11.1 Å². The second-order valence-corrected chi connectivity index (χ2v) is 5.64. The summed E-state index contributed by atoms with van der Waals surface area (Å²) >= 11 is 4.90. The van der Waals surface area contributed by atoms with E-state index in [1.54, 1.807) is 0 Å². The lowest BCUT2D eigenvalue weighted by atomic mass is 10.2. The molecule has 1 fully saturated rings. The summed E-state index contributed by atoms with van der Waals surface area (Å²) in [6, 6.07) is 7.28. The number of hydrogen-bond acceptors (Lipinski definition) is 4. The molecule has 1 aromatic carbocycles. The van der Waals surface area contributed by atoms with E-state index in [4.69, 9.17) is 18.0 Å². The number of nitrogens with two attached hydrogens (primary N) is 1. The maximum atomic E-state index is 12.0. The first-order valence-electron chi connectivity index (χ1n) is 7.23. The molecule has 0 unspecified atom stereocenters. The van der Waals surface area contributed by atoms with Gasteiger partial charge in [0, 0.05) is 37.4 Å². The number of hydrogen-bond donors (Lipinski definition) is 2. The Morgan fingerprint density at radius 1 is 1.19 bits per heavy atom. The fraction of sp³-hybridized carbons (Fsp3) is 0.467. The van der Waals surface area contributed by atoms with Gasteiger partial charge in [-0.15, -0.1) is 0 Å². The van der Waals surface area contributed by atoms with Gasteiger partial charge < -0.3 is 16.0 Å². The van der Waals surface area contributed by atoms with Gasteiger partial charge in [0.05, 0.1) is 6.54 Å². The molecule has 0 saturated carbocycles. The van der Waals surface area contributed by atoms with Crippen LogP contribution in [0.4, 0.5) is 5.69 Å². The van der Waals surface area contributed by atoms with E-state index >= 15 is 0 Å². The minimum absolute atomic E-state index is 0.0167. The monoisotopic (exact) mass is 306 g/mol. The Bertz CT molecular complexity index is 495. The average Bonchev–Trinajstić information content (AvgIpc) is 2.48. The molecule has 3 N–H and O–H groups in total. The van der Waals surface area contributed by atoms with E-state index in [2.05, 4.69) is 22.0 Å². The van der Waals surface area contributed by atoms with E-state index in [0.717, 1.165) is 44.0 Å². The summed E-state index contributed by atoms with van der Waals surface area (Å²) in [5.41, 5.74) is 7.12. The fourth-order valence-corrected chi connectivity index (χ4v) is 2.52. The predicted molar refractivity (Wildman–Crippen MR) is 89.5 cm³/mol. The number of rotatable bonds is 5. The van der Waals surface area contributed by atoms with Crippen LogP contribution in [0.2, 0.25) is 0 Å². The Balaban J connectivity index is 1.80. The van der Waals surface area contributed by atoms with Crippen LogP contribution in [0.5, 0.6) is 0 Å². The van der Waals surface area contributed by atoms with Gasteiger partial charge in [0.25, 0.3) is 0 Å². The number of nitrogens with one attached hydrogen (secondary N) is 1. The van der Waals surface area contributed by atoms with E-state index in [1.807, 2.05) is 24.3 Å². The molecule has 0 aromatic heterocycles. The van der Waals surface area contributed by atoms with Gasteiger partial charge in [-0.25, -0.2) is 0 Å². The zero-order valence-corrected chi connectivity index (χ0v) is 13.2. The molecule has 1 aromatic rings. The molecule has 21 heavy (non-hydrogen) atoms. The summed E-state index contributed by atoms with van der Waals surface area (Å²) in [4.78, 5) is 17.0. The smallest absolute Gasteiger partial charge is 0.238 e. The molecule has 0 atom stereocenters. The van der Waals surface area contributed by atoms with Gasteiger partial charge in [0.1, 0.15) is 4.99 Å². The Hall–Kier alpha value is -1.50. The van der Waals surface area contributed by atoms with E-state index in [-0.39, 0.29) is 5.91 Å². The number of benzene rings is 1. The second kappa shape index (κ2) is 7.49. The van der Waals surface area contributed by atoms with Gasteiger partial charge in [0.15, 0.2) is 0 Å². The van der Waals surface area contributed by atoms with Gasteiger partial charge in [0.2, 0.25) is 5.91 Å². The molecular weight excluding hydrogens is 284 g/mol. The molecule has 0 bridgehead atoms. The first-order valence-corrected chi connectivity index (χ1v) is 7.63. The number of carbonyl (C=O) groups is 1. The van der Waals surface area contributed by atoms with Crippen molar-refractivity contribution in [3.05, 3.63) is 29.8 Å². The number of anilines is 1. The van der Waals surface area contributed by atoms with Crippen molar-refractivity contribution in [3.8, 4) is 0 Å². The van der Waals surface area contributed by atoms with Gasteiger partial charge in [-0.2, -0.15) is 0 Å². The number of carbonyl (C=O) groups excluding carboxylic acids is 1. The van der Waals surface area contributed by atoms with Gasteiger partial charge in [-0.3, -0.25) is 9.69 Å². The van der Waals surface area contributed by atoms with Crippen LogP contribution in [-0.4, -0.2) is 60.0 Å². The van der Waals surface area contributed by atoms with Crippen molar-refractivity contribution in [1.82, 2.24) is 9.80 Å². The predicted octanol–water partition coefficient (Wildman–Crippen LogP) is 0.897. The van der Waals surface area contributed by atoms with Crippen LogP contribution in [-0.2, 0) is 4.79 Å². The third-order valence-corrected chi connectivity index (χ3v) is 3.97. The highest BCUT2D eigenvalue weighted by Gasteiger charge is 2.17. The largest absolute Gasteiger partial charge is 0.389 e. The van der Waals surface area contributed by atoms with Crippen LogP contribution in [0, 0.1) is 0 Å². The highest BCUT2D eigenvalue weighted by atomic mass is 32.1. The molecule has 1 aliphatic rings. The molecule has 1 saturated heterocycles. The Kier molecular flexibility index (Phi) is 5.67. The molecule has 0 spiro atoms. The number of nitrogens with zero attached hydrogens (tertiary/aromatic N) is 2. The maximum Gasteiger partial charge on any atom is 0.238 e. The van der Waals surface area contributed by atoms with Crippen LogP contribution in [0.15, 0.2) is 24.3 Å². The van der Waals surface area contributed by atoms with Crippen molar-refractivity contribution < 1.29 is 4.79 Å². The first kappa shape index (κ1) is 15.9. The lowest BCUT2D eigenvalue weighted by Gasteiger charge is -2.33. The summed E-state index contributed by atoms with van der Waals surface area (Å²) < 4.78 is 0. The van der Waals surface area contributed by atoms with Crippen molar-refractivity contribution in [2.75, 3.05) is 44.6 Å². The third kappa shape index (κ3) is 4.77. The minimum atomic E-state index is 0.0167. The quantitative estimate of drug-likeness (QED) is 0.792. The molecule has 0 aliphatic carbocycles. The minimum Gasteiger partial charge on any atom is -0.389 e. The van der Waals surface area contributed by atoms with E-state index < -0.39 is 0 Å². The molecule has 2 rings (SSSR count). The van der Waals surface area contributed by atoms with Crippen molar-refractivity contribution in [3.63, 3.8) is 0 Å². The molecule has 1 heterocycles. The maximum absolute atomic E-state index is 12.0. The lowest BCUT2D eigenvalue weighted by Crippen LogP contribution is -2.48. The Morgan fingerprint density at radius 2 is 1.76 bits per heavy atom. The van der Waals surface area contributed by atoms with Crippen LogP contribution in [0.1, 0.15) is 12.5 Å². The first-order chi connectivity index (χ1) is 10.1. The van der Waals surface area contributed by atoms with Crippen molar-refractivity contribution in [2.24, 2.45) is 5.73 Å². The number of piperazine rings is 1. The highest BCUT2D eigenvalue weighted by molar-refractivity contribution is 7.80. The normalized spacial score (nSPS) is 16.6. The summed E-state index contributed by atoms with van der Waals surface area (Å²) in [5, 5.41) is 2.90. The SMILES string of the molecule is CCN1CCN(CC(=O)Nc2ccc(C(N)=S)cc2)CC1. The third-order valence-electron chi connectivity index (χ3n) is 3.73. The summed E-state index contributed by atoms with van der Waals surface area (Å²) in [6.45, 7) is 7.64. The number of amides is 1. The lowest BCUT2D eigenvalue weighted by molar-refractivity contribution is -0.117. The average molecular weight is 306 g/mol. The summed E-state index contributed by atoms with van der Waals surface area (Å²) in [7, 11) is 0. The molecule has 0 radical (unpaired) electrons. The standard InChI is InChI=1S/C15H22N4OS/c1-2-18-7-9-19(10-8-18)11-14(20)17-13-5-3-12(4-6-13)15(16)21/h3-6H,2,7-11H2,1H3,(H2,16,21)(H,17,20). The highest BCUT2D eigenvalue weighted by Crippen LogP contribution is 2.10. The van der Waals surface area contributed by atoms with Crippen molar-refractivity contribution in [2.45, 2.75) is 6.92 Å². The molecule has 5 nitrogen and oxygen atoms in total. The van der Waals surface area contributed by atoms with Crippen LogP contribution >= 0.6 is 12.2 Å². The van der Waals surface area contributed by atoms with Crippen molar-refractivity contribution >= 4 is 28.8 Å². The van der Waals surface area contributed by atoms with E-state index in [0.29, 0.717) is 11.5 Å². The Morgan fingerprint density at radius 3 is 2.29 bits per heavy atom. The molecule has 1 aliphatic heterocycles. The van der Waals surface area contributed by atoms with Gasteiger partial charge in [-0.05, 0) is 30.8 Å². The van der Waals surface area contributed by atoms with Crippen molar-refractivity contribution in [1.29, 1.82) is 0 Å². The molecule has 114 valence electrons. The zero-order valence-electron chi connectivity index (χ0n) is 12.3. The number of likely N-dealkylation sites (N-methyl/N-ethyl adjacent to an activating group) is 1. The van der Waals surface area contributed by atoms with E-state index in [9.17, 15) is 4.79 Å². The molecular formula is C15H22N4OS.